The van der Waals surface area contributed by atoms with Crippen LogP contribution >= 0.6 is 11.6 Å². The quantitative estimate of drug-likeness (QED) is 0.751. The van der Waals surface area contributed by atoms with Crippen molar-refractivity contribution in [2.75, 3.05) is 7.11 Å². The molecule has 1 rings (SSSR count). The van der Waals surface area contributed by atoms with E-state index in [9.17, 15) is 0 Å². The highest BCUT2D eigenvalue weighted by molar-refractivity contribution is 6.16. The number of halogens is 1. The zero-order chi connectivity index (χ0) is 11.6. The molecule has 0 spiro atoms. The van der Waals surface area contributed by atoms with Gasteiger partial charge in [0.2, 0.25) is 0 Å². The van der Waals surface area contributed by atoms with E-state index in [0.29, 0.717) is 5.88 Å². The average molecular weight is 232 g/mol. The lowest BCUT2D eigenvalue weighted by Gasteiger charge is -2.26. The standard InChI is InChI=1S/C10H18ClN3O/c1-7(15-5)9-13-12-8(6-11)14(9)10(2,3)4/h7H,6H2,1-5H3. The van der Waals surface area contributed by atoms with Crippen LogP contribution in [-0.2, 0) is 16.2 Å². The number of nitrogens with zero attached hydrogens (tertiary/aromatic N) is 3. The number of hydrogen-bond donors (Lipinski definition) is 0. The predicted octanol–water partition coefficient (Wildman–Crippen LogP) is 2.48. The first-order valence-electron chi connectivity index (χ1n) is 4.95. The Bertz CT molecular complexity index is 330. The molecule has 15 heavy (non-hydrogen) atoms. The summed E-state index contributed by atoms with van der Waals surface area (Å²) in [5, 5.41) is 8.20. The first-order valence-corrected chi connectivity index (χ1v) is 5.48. The van der Waals surface area contributed by atoms with E-state index in [-0.39, 0.29) is 11.6 Å². The van der Waals surface area contributed by atoms with Gasteiger partial charge in [0.25, 0.3) is 0 Å². The van der Waals surface area contributed by atoms with Crippen molar-refractivity contribution in [2.24, 2.45) is 0 Å². The lowest BCUT2D eigenvalue weighted by molar-refractivity contribution is 0.104. The van der Waals surface area contributed by atoms with Gasteiger partial charge in [0.1, 0.15) is 11.9 Å². The lowest BCUT2D eigenvalue weighted by atomic mass is 10.1. The van der Waals surface area contributed by atoms with Crippen LogP contribution < -0.4 is 0 Å². The summed E-state index contributed by atoms with van der Waals surface area (Å²) in [5.74, 6) is 1.96. The zero-order valence-electron chi connectivity index (χ0n) is 9.91. The molecule has 1 aromatic heterocycles. The SMILES string of the molecule is COC(C)c1nnc(CCl)n1C(C)(C)C. The molecule has 0 aliphatic heterocycles. The fourth-order valence-electron chi connectivity index (χ4n) is 1.52. The second kappa shape index (κ2) is 4.49. The predicted molar refractivity (Wildman–Crippen MR) is 60.0 cm³/mol. The fraction of sp³-hybridized carbons (Fsp3) is 0.800. The van der Waals surface area contributed by atoms with E-state index >= 15 is 0 Å². The molecule has 86 valence electrons. The van der Waals surface area contributed by atoms with Gasteiger partial charge in [-0.05, 0) is 27.7 Å². The molecule has 5 heteroatoms. The van der Waals surface area contributed by atoms with E-state index in [1.807, 2.05) is 11.5 Å². The summed E-state index contributed by atoms with van der Waals surface area (Å²) < 4.78 is 7.30. The third kappa shape index (κ3) is 2.49. The van der Waals surface area contributed by atoms with E-state index in [0.717, 1.165) is 11.6 Å². The molecule has 0 radical (unpaired) electrons. The van der Waals surface area contributed by atoms with Crippen molar-refractivity contribution in [3.63, 3.8) is 0 Å². The number of methoxy groups -OCH3 is 1. The largest absolute Gasteiger partial charge is 0.374 e. The zero-order valence-corrected chi connectivity index (χ0v) is 10.7. The number of ether oxygens (including phenoxy) is 1. The molecule has 0 aromatic carbocycles. The molecule has 1 aromatic rings. The van der Waals surface area contributed by atoms with Crippen molar-refractivity contribution in [3.8, 4) is 0 Å². The molecule has 1 unspecified atom stereocenters. The van der Waals surface area contributed by atoms with E-state index in [4.69, 9.17) is 16.3 Å². The minimum atomic E-state index is -0.0875. The van der Waals surface area contributed by atoms with Crippen LogP contribution in [0.25, 0.3) is 0 Å². The Morgan fingerprint density at radius 3 is 2.40 bits per heavy atom. The number of alkyl halides is 1. The van der Waals surface area contributed by atoms with Gasteiger partial charge in [0.15, 0.2) is 5.82 Å². The summed E-state index contributed by atoms with van der Waals surface area (Å²) in [4.78, 5) is 0. The van der Waals surface area contributed by atoms with Gasteiger partial charge in [-0.3, -0.25) is 0 Å². The van der Waals surface area contributed by atoms with E-state index < -0.39 is 0 Å². The van der Waals surface area contributed by atoms with Crippen LogP contribution in [0.3, 0.4) is 0 Å². The molecule has 0 fully saturated rings. The Labute approximate surface area is 95.6 Å². The highest BCUT2D eigenvalue weighted by Crippen LogP contribution is 2.24. The van der Waals surface area contributed by atoms with Gasteiger partial charge < -0.3 is 9.30 Å². The maximum atomic E-state index is 5.84. The van der Waals surface area contributed by atoms with E-state index in [1.54, 1.807) is 7.11 Å². The minimum absolute atomic E-state index is 0.0753. The third-order valence-electron chi connectivity index (χ3n) is 2.26. The van der Waals surface area contributed by atoms with Crippen LogP contribution in [0.4, 0.5) is 0 Å². The number of aromatic nitrogens is 3. The highest BCUT2D eigenvalue weighted by atomic mass is 35.5. The van der Waals surface area contributed by atoms with Gasteiger partial charge in [-0.15, -0.1) is 21.8 Å². The highest BCUT2D eigenvalue weighted by Gasteiger charge is 2.25. The van der Waals surface area contributed by atoms with Crippen molar-refractivity contribution in [1.29, 1.82) is 0 Å². The topological polar surface area (TPSA) is 39.9 Å². The molecule has 0 N–H and O–H groups in total. The molecule has 0 amide bonds. The molecule has 0 saturated carbocycles. The Morgan fingerprint density at radius 2 is 2.00 bits per heavy atom. The molecular formula is C10H18ClN3O. The van der Waals surface area contributed by atoms with Crippen LogP contribution in [0.15, 0.2) is 0 Å². The Balaban J connectivity index is 3.23. The van der Waals surface area contributed by atoms with Crippen molar-refractivity contribution in [1.82, 2.24) is 14.8 Å². The van der Waals surface area contributed by atoms with Gasteiger partial charge in [0, 0.05) is 12.6 Å². The second-order valence-corrected chi connectivity index (χ2v) is 4.76. The van der Waals surface area contributed by atoms with Gasteiger partial charge in [-0.2, -0.15) is 0 Å². The Morgan fingerprint density at radius 1 is 1.40 bits per heavy atom. The van der Waals surface area contributed by atoms with Crippen LogP contribution in [0, 0.1) is 0 Å². The number of rotatable bonds is 3. The Kier molecular flexibility index (Phi) is 3.73. The van der Waals surface area contributed by atoms with Gasteiger partial charge >= 0.3 is 0 Å². The van der Waals surface area contributed by atoms with Gasteiger partial charge in [0.05, 0.1) is 5.88 Å². The molecule has 1 heterocycles. The second-order valence-electron chi connectivity index (χ2n) is 4.49. The first kappa shape index (κ1) is 12.5. The van der Waals surface area contributed by atoms with Crippen LogP contribution in [-0.4, -0.2) is 21.9 Å². The minimum Gasteiger partial charge on any atom is -0.374 e. The molecule has 0 bridgehead atoms. The third-order valence-corrected chi connectivity index (χ3v) is 2.50. The number of hydrogen-bond acceptors (Lipinski definition) is 3. The normalized spacial score (nSPS) is 14.3. The van der Waals surface area contributed by atoms with E-state index in [2.05, 4.69) is 31.0 Å². The first-order chi connectivity index (χ1) is 6.91. The maximum Gasteiger partial charge on any atom is 0.162 e. The summed E-state index contributed by atoms with van der Waals surface area (Å²) in [5.41, 5.74) is -0.0875. The molecule has 1 atom stereocenters. The average Bonchev–Trinajstić information content (AvgIpc) is 2.59. The van der Waals surface area contributed by atoms with Crippen molar-refractivity contribution >= 4 is 11.6 Å². The summed E-state index contributed by atoms with van der Waals surface area (Å²) in [6.07, 6.45) is -0.0753. The molecular weight excluding hydrogens is 214 g/mol. The summed E-state index contributed by atoms with van der Waals surface area (Å²) in [7, 11) is 1.66. The molecule has 0 aliphatic rings. The van der Waals surface area contributed by atoms with Gasteiger partial charge in [-0.1, -0.05) is 0 Å². The molecule has 4 nitrogen and oxygen atoms in total. The van der Waals surface area contributed by atoms with Crippen LogP contribution in [0.2, 0.25) is 0 Å². The molecule has 0 aliphatic carbocycles. The van der Waals surface area contributed by atoms with Crippen LogP contribution in [0.1, 0.15) is 45.4 Å². The van der Waals surface area contributed by atoms with Crippen LogP contribution in [0.5, 0.6) is 0 Å². The van der Waals surface area contributed by atoms with E-state index in [1.165, 1.54) is 0 Å². The summed E-state index contributed by atoms with van der Waals surface area (Å²) in [6.45, 7) is 8.24. The van der Waals surface area contributed by atoms with Crippen molar-refractivity contribution in [3.05, 3.63) is 11.6 Å². The summed E-state index contributed by atoms with van der Waals surface area (Å²) >= 11 is 5.84. The summed E-state index contributed by atoms with van der Waals surface area (Å²) in [6, 6.07) is 0. The monoisotopic (exact) mass is 231 g/mol. The Hall–Kier alpha value is -0.610. The lowest BCUT2D eigenvalue weighted by Crippen LogP contribution is -2.27. The van der Waals surface area contributed by atoms with Crippen molar-refractivity contribution in [2.45, 2.75) is 45.2 Å². The molecule has 0 saturated heterocycles. The van der Waals surface area contributed by atoms with Crippen molar-refractivity contribution < 1.29 is 4.74 Å². The fourth-order valence-corrected chi connectivity index (χ4v) is 1.69. The maximum absolute atomic E-state index is 5.84. The smallest absolute Gasteiger partial charge is 0.162 e. The van der Waals surface area contributed by atoms with Gasteiger partial charge in [-0.25, -0.2) is 0 Å².